The second kappa shape index (κ2) is 15.2. The maximum Gasteiger partial charge on any atom is 0.150 e. The molecule has 6 heteroatoms. The van der Waals surface area contributed by atoms with Gasteiger partial charge in [-0.05, 0) is 62.4 Å². The molecule has 0 radical (unpaired) electrons. The number of methoxy groups -OCH3 is 1. The van der Waals surface area contributed by atoms with Gasteiger partial charge in [0.2, 0.25) is 0 Å². The summed E-state index contributed by atoms with van der Waals surface area (Å²) in [6.45, 7) is 4.04. The maximum atomic E-state index is 10.1. The molecule has 0 aromatic heterocycles. The predicted molar refractivity (Wildman–Crippen MR) is 162 cm³/mol. The van der Waals surface area contributed by atoms with Gasteiger partial charge in [0.25, 0.3) is 0 Å². The second-order valence-corrected chi connectivity index (χ2v) is 8.50. The van der Waals surface area contributed by atoms with Crippen molar-refractivity contribution in [1.29, 1.82) is 0 Å². The zero-order chi connectivity index (χ0) is 27.9. The van der Waals surface area contributed by atoms with Crippen LogP contribution in [0.1, 0.15) is 21.5 Å². The van der Waals surface area contributed by atoms with Crippen LogP contribution in [0.15, 0.2) is 109 Å². The summed E-state index contributed by atoms with van der Waals surface area (Å²) in [7, 11) is 1.63. The van der Waals surface area contributed by atoms with Gasteiger partial charge in [-0.15, -0.1) is 0 Å². The number of ether oxygens (including phenoxy) is 1. The third kappa shape index (κ3) is 9.95. The molecule has 0 unspecified atom stereocenters. The molecule has 0 aliphatic rings. The number of carbonyl (C=O) groups excluding carboxylic acids is 1. The van der Waals surface area contributed by atoms with Gasteiger partial charge in [-0.2, -0.15) is 0 Å². The highest BCUT2D eigenvalue weighted by Gasteiger charge is 1.98. The van der Waals surface area contributed by atoms with Gasteiger partial charge in [-0.25, -0.2) is 0 Å². The van der Waals surface area contributed by atoms with E-state index in [1.807, 2.05) is 111 Å². The molecular weight excluding hydrogens is 472 g/mol. The van der Waals surface area contributed by atoms with Crippen LogP contribution in [0.25, 0.3) is 10.8 Å². The molecule has 196 valence electrons. The number of anilines is 4. The fourth-order valence-electron chi connectivity index (χ4n) is 3.16. The quantitative estimate of drug-likeness (QED) is 0.156. The Morgan fingerprint density at radius 3 is 1.32 bits per heavy atom. The Hall–Kier alpha value is -4.97. The minimum absolute atomic E-state index is 0.737. The molecular formula is C32H36N4O2. The molecule has 0 saturated heterocycles. The summed E-state index contributed by atoms with van der Waals surface area (Å²) in [6.07, 6.45) is 0.847. The molecule has 0 amide bonds. The fourth-order valence-corrected chi connectivity index (χ4v) is 3.16. The number of benzene rings is 5. The topological polar surface area (TPSA) is 130 Å². The van der Waals surface area contributed by atoms with Crippen LogP contribution >= 0.6 is 0 Å². The lowest BCUT2D eigenvalue weighted by molar-refractivity contribution is 0.112. The molecule has 0 heterocycles. The van der Waals surface area contributed by atoms with Crippen LogP contribution in [0.2, 0.25) is 0 Å². The van der Waals surface area contributed by atoms with Crippen molar-refractivity contribution in [1.82, 2.24) is 0 Å². The molecule has 5 rings (SSSR count). The van der Waals surface area contributed by atoms with Crippen LogP contribution in [0.4, 0.5) is 22.7 Å². The first-order valence-electron chi connectivity index (χ1n) is 12.0. The third-order valence-corrected chi connectivity index (χ3v) is 5.40. The van der Waals surface area contributed by atoms with Crippen molar-refractivity contribution in [2.24, 2.45) is 0 Å². The monoisotopic (exact) mass is 508 g/mol. The average Bonchev–Trinajstić information content (AvgIpc) is 2.94. The van der Waals surface area contributed by atoms with E-state index in [9.17, 15) is 4.79 Å². The molecule has 8 N–H and O–H groups in total. The van der Waals surface area contributed by atoms with Gasteiger partial charge in [0, 0.05) is 39.1 Å². The molecule has 0 aliphatic heterocycles. The third-order valence-electron chi connectivity index (χ3n) is 5.40. The maximum absolute atomic E-state index is 10.1. The van der Waals surface area contributed by atoms with Gasteiger partial charge in [-0.1, -0.05) is 71.8 Å². The van der Waals surface area contributed by atoms with Gasteiger partial charge < -0.3 is 27.7 Å². The van der Waals surface area contributed by atoms with Crippen molar-refractivity contribution in [2.45, 2.75) is 13.8 Å². The second-order valence-electron chi connectivity index (χ2n) is 8.50. The van der Waals surface area contributed by atoms with Crippen molar-refractivity contribution in [3.05, 3.63) is 126 Å². The first-order valence-corrected chi connectivity index (χ1v) is 12.0. The van der Waals surface area contributed by atoms with Crippen molar-refractivity contribution in [3.63, 3.8) is 0 Å². The molecule has 0 atom stereocenters. The van der Waals surface area contributed by atoms with E-state index >= 15 is 0 Å². The number of nitrogen functional groups attached to an aromatic ring is 4. The molecule has 0 fully saturated rings. The summed E-state index contributed by atoms with van der Waals surface area (Å²) in [4.78, 5) is 10.1. The van der Waals surface area contributed by atoms with Gasteiger partial charge in [0.1, 0.15) is 12.0 Å². The number of hydrogen-bond donors (Lipinski definition) is 4. The zero-order valence-electron chi connectivity index (χ0n) is 22.1. The molecule has 5 aromatic carbocycles. The molecule has 38 heavy (non-hydrogen) atoms. The highest BCUT2D eigenvalue weighted by Crippen LogP contribution is 2.25. The lowest BCUT2D eigenvalue weighted by Gasteiger charge is -2.03. The Kier molecular flexibility index (Phi) is 11.7. The average molecular weight is 509 g/mol. The van der Waals surface area contributed by atoms with Crippen LogP contribution in [0.3, 0.4) is 0 Å². The van der Waals surface area contributed by atoms with Gasteiger partial charge in [0.05, 0.1) is 7.11 Å². The highest BCUT2D eigenvalue weighted by molar-refractivity contribution is 6.00. The minimum atomic E-state index is 0.737. The summed E-state index contributed by atoms with van der Waals surface area (Å²) in [5.41, 5.74) is 28.7. The van der Waals surface area contributed by atoms with E-state index in [4.69, 9.17) is 27.7 Å². The standard InChI is InChI=1S/C10H10N2.C8H8O.C7H9NO.C7H9N/c11-9-5-6-10(12)8-4-2-1-3-7(8)9;1-7-2-4-8(6-9)5-3-7;1-9-7-4-2-6(8)3-5-7;1-6-2-4-7(8)5-3-6/h1-6H,11-12H2;2-6H,1H3;2-5H,8H2,1H3;2-5H,8H2,1H3. The van der Waals surface area contributed by atoms with Crippen molar-refractivity contribution < 1.29 is 9.53 Å². The molecule has 5 aromatic rings. The van der Waals surface area contributed by atoms with E-state index in [0.717, 1.165) is 51.1 Å². The lowest BCUT2D eigenvalue weighted by Crippen LogP contribution is -1.91. The van der Waals surface area contributed by atoms with Crippen molar-refractivity contribution in [2.75, 3.05) is 30.0 Å². The Labute approximate surface area is 224 Å². The normalized spacial score (nSPS) is 9.45. The summed E-state index contributed by atoms with van der Waals surface area (Å²) >= 11 is 0. The Balaban J connectivity index is 0.000000180. The number of aryl methyl sites for hydroxylation is 2. The van der Waals surface area contributed by atoms with E-state index in [1.54, 1.807) is 19.2 Å². The molecule has 0 aliphatic carbocycles. The molecule has 6 nitrogen and oxygen atoms in total. The summed E-state index contributed by atoms with van der Waals surface area (Å²) in [5.74, 6) is 0.837. The molecule has 0 bridgehead atoms. The number of nitrogens with two attached hydrogens (primary N) is 4. The Morgan fingerprint density at radius 1 is 0.553 bits per heavy atom. The smallest absolute Gasteiger partial charge is 0.150 e. The fraction of sp³-hybridized carbons (Fsp3) is 0.0938. The van der Waals surface area contributed by atoms with E-state index in [2.05, 4.69) is 0 Å². The summed E-state index contributed by atoms with van der Waals surface area (Å²) in [5, 5.41) is 2.05. The zero-order valence-corrected chi connectivity index (χ0v) is 22.1. The largest absolute Gasteiger partial charge is 0.497 e. The van der Waals surface area contributed by atoms with E-state index in [1.165, 1.54) is 11.1 Å². The summed E-state index contributed by atoms with van der Waals surface area (Å²) < 4.78 is 4.91. The molecule has 0 saturated carbocycles. The summed E-state index contributed by atoms with van der Waals surface area (Å²) in [6, 6.07) is 34.0. The van der Waals surface area contributed by atoms with E-state index < -0.39 is 0 Å². The number of aldehydes is 1. The first kappa shape index (κ1) is 29.3. The number of carbonyl (C=O) groups is 1. The Bertz CT molecular complexity index is 1340. The van der Waals surface area contributed by atoms with Crippen LogP contribution in [0, 0.1) is 13.8 Å². The molecule has 0 spiro atoms. The van der Waals surface area contributed by atoms with E-state index in [-0.39, 0.29) is 0 Å². The van der Waals surface area contributed by atoms with Crippen LogP contribution in [-0.2, 0) is 0 Å². The minimum Gasteiger partial charge on any atom is -0.497 e. The predicted octanol–water partition coefficient (Wildman–Crippen LogP) is 6.67. The SMILES string of the molecule is COc1ccc(N)cc1.Cc1ccc(C=O)cc1.Cc1ccc(N)cc1.Nc1ccc(N)c2ccccc12. The first-order chi connectivity index (χ1) is 18.2. The van der Waals surface area contributed by atoms with Gasteiger partial charge >= 0.3 is 0 Å². The number of rotatable bonds is 2. The van der Waals surface area contributed by atoms with Crippen LogP contribution in [-0.4, -0.2) is 13.4 Å². The van der Waals surface area contributed by atoms with E-state index in [0.29, 0.717) is 0 Å². The van der Waals surface area contributed by atoms with Gasteiger partial charge in [-0.3, -0.25) is 4.79 Å². The van der Waals surface area contributed by atoms with Crippen molar-refractivity contribution in [3.8, 4) is 5.75 Å². The Morgan fingerprint density at radius 2 is 0.947 bits per heavy atom. The van der Waals surface area contributed by atoms with Crippen LogP contribution in [0.5, 0.6) is 5.75 Å². The highest BCUT2D eigenvalue weighted by atomic mass is 16.5. The van der Waals surface area contributed by atoms with Gasteiger partial charge in [0.15, 0.2) is 0 Å². The number of hydrogen-bond acceptors (Lipinski definition) is 6. The van der Waals surface area contributed by atoms with Crippen molar-refractivity contribution >= 4 is 39.8 Å². The number of fused-ring (bicyclic) bond motifs is 1. The lowest BCUT2D eigenvalue weighted by atomic mass is 10.1. The van der Waals surface area contributed by atoms with Crippen LogP contribution < -0.4 is 27.7 Å².